The number of ether oxygens (including phenoxy) is 2. The number of nitro benzene ring substituents is 1. The van der Waals surface area contributed by atoms with Gasteiger partial charge in [-0.15, -0.1) is 0 Å². The van der Waals surface area contributed by atoms with Gasteiger partial charge >= 0.3 is 0 Å². The van der Waals surface area contributed by atoms with E-state index in [9.17, 15) is 27.7 Å². The lowest BCUT2D eigenvalue weighted by Gasteiger charge is -2.26. The molecule has 0 bridgehead atoms. The summed E-state index contributed by atoms with van der Waals surface area (Å²) in [7, 11) is -4.19. The second-order valence-electron chi connectivity index (χ2n) is 8.96. The molecule has 0 atom stereocenters. The van der Waals surface area contributed by atoms with Crippen LogP contribution in [-0.4, -0.2) is 66.3 Å². The van der Waals surface area contributed by atoms with E-state index in [1.54, 1.807) is 17.9 Å². The van der Waals surface area contributed by atoms with Gasteiger partial charge in [-0.2, -0.15) is 9.78 Å². The highest BCUT2D eigenvalue weighted by atomic mass is 32.2. The molecule has 1 saturated carbocycles. The zero-order chi connectivity index (χ0) is 27.0. The Hall–Kier alpha value is -3.88. The molecule has 1 aliphatic carbocycles. The van der Waals surface area contributed by atoms with Gasteiger partial charge in [0, 0.05) is 36.8 Å². The zero-order valence-electron chi connectivity index (χ0n) is 20.3. The number of nitrogens with one attached hydrogen (secondary N) is 1. The number of benzene rings is 2. The second-order valence-corrected chi connectivity index (χ2v) is 10.6. The summed E-state index contributed by atoms with van der Waals surface area (Å²) in [6.45, 7) is 3.04. The molecule has 38 heavy (non-hydrogen) atoms. The van der Waals surface area contributed by atoms with Crippen molar-refractivity contribution in [1.82, 2.24) is 19.4 Å². The molecule has 1 saturated heterocycles. The number of hydrogen-bond acceptors (Lipinski definition) is 8. The van der Waals surface area contributed by atoms with Gasteiger partial charge in [0.25, 0.3) is 11.6 Å². The van der Waals surface area contributed by atoms with Gasteiger partial charge in [0.1, 0.15) is 16.5 Å². The molecule has 2 heterocycles. The highest BCUT2D eigenvalue weighted by Gasteiger charge is 2.33. The van der Waals surface area contributed by atoms with Crippen LogP contribution in [0, 0.1) is 22.9 Å². The standard InChI is InChI=1S/C24H24FN5O7S/c1-15-22(23(31)28-9-11-36-12-10-28)26-29(18-4-2-3-16(25)13-18)24(15)37-20-8-7-19(30(32)33)14-21(20)38(34,35)27-17-5-6-17/h2-4,7-8,13-14,17,27H,5-6,9-12H2,1H3. The number of nitro groups is 1. The lowest BCUT2D eigenvalue weighted by Crippen LogP contribution is -2.41. The summed E-state index contributed by atoms with van der Waals surface area (Å²) in [6, 6.07) is 8.37. The molecule has 14 heteroatoms. The molecule has 1 amide bonds. The summed E-state index contributed by atoms with van der Waals surface area (Å²) < 4.78 is 55.4. The van der Waals surface area contributed by atoms with E-state index in [2.05, 4.69) is 9.82 Å². The van der Waals surface area contributed by atoms with Crippen LogP contribution in [0.5, 0.6) is 11.6 Å². The molecule has 200 valence electrons. The van der Waals surface area contributed by atoms with Crippen molar-refractivity contribution in [1.29, 1.82) is 0 Å². The van der Waals surface area contributed by atoms with Crippen molar-refractivity contribution in [2.75, 3.05) is 26.3 Å². The van der Waals surface area contributed by atoms with Crippen LogP contribution in [0.3, 0.4) is 0 Å². The number of hydrogen-bond donors (Lipinski definition) is 1. The van der Waals surface area contributed by atoms with Crippen LogP contribution < -0.4 is 9.46 Å². The van der Waals surface area contributed by atoms with Crippen molar-refractivity contribution in [3.63, 3.8) is 0 Å². The van der Waals surface area contributed by atoms with E-state index in [1.165, 1.54) is 28.9 Å². The molecular weight excluding hydrogens is 521 g/mol. The Morgan fingerprint density at radius 2 is 1.95 bits per heavy atom. The summed E-state index contributed by atoms with van der Waals surface area (Å²) in [5, 5.41) is 15.8. The third-order valence-corrected chi connectivity index (χ3v) is 7.70. The molecule has 2 fully saturated rings. The van der Waals surface area contributed by atoms with Crippen molar-refractivity contribution < 1.29 is 32.0 Å². The molecule has 1 N–H and O–H groups in total. The predicted molar refractivity (Wildman–Crippen MR) is 131 cm³/mol. The molecule has 1 aliphatic heterocycles. The highest BCUT2D eigenvalue weighted by Crippen LogP contribution is 2.37. The number of carbonyl (C=O) groups excluding carboxylic acids is 1. The van der Waals surface area contributed by atoms with Gasteiger partial charge in [-0.3, -0.25) is 14.9 Å². The predicted octanol–water partition coefficient (Wildman–Crippen LogP) is 2.93. The van der Waals surface area contributed by atoms with Crippen LogP contribution in [0.15, 0.2) is 47.4 Å². The average Bonchev–Trinajstić information content (AvgIpc) is 3.65. The molecule has 2 aromatic carbocycles. The van der Waals surface area contributed by atoms with Gasteiger partial charge in [-0.05, 0) is 44.0 Å². The minimum Gasteiger partial charge on any atom is -0.437 e. The van der Waals surface area contributed by atoms with Gasteiger partial charge in [0.2, 0.25) is 15.9 Å². The molecule has 12 nitrogen and oxygen atoms in total. The Kier molecular flexibility index (Phi) is 6.86. The van der Waals surface area contributed by atoms with Crippen LogP contribution in [0.2, 0.25) is 0 Å². The van der Waals surface area contributed by atoms with Gasteiger partial charge in [-0.1, -0.05) is 6.07 Å². The molecule has 3 aromatic rings. The van der Waals surface area contributed by atoms with E-state index < -0.39 is 37.3 Å². The van der Waals surface area contributed by atoms with Gasteiger partial charge in [0.15, 0.2) is 5.69 Å². The Morgan fingerprint density at radius 3 is 2.61 bits per heavy atom. The van der Waals surface area contributed by atoms with Crippen molar-refractivity contribution in [3.8, 4) is 17.3 Å². The number of carbonyl (C=O) groups is 1. The lowest BCUT2D eigenvalue weighted by molar-refractivity contribution is -0.385. The minimum absolute atomic E-state index is 0.0357. The summed E-state index contributed by atoms with van der Waals surface area (Å²) in [5.41, 5.74) is 0.106. The smallest absolute Gasteiger partial charge is 0.274 e. The summed E-state index contributed by atoms with van der Waals surface area (Å²) in [5.74, 6) is -1.20. The number of non-ortho nitro benzene ring substituents is 1. The SMILES string of the molecule is Cc1c(C(=O)N2CCOCC2)nn(-c2cccc(F)c2)c1Oc1ccc([N+](=O)[O-])cc1S(=O)(=O)NC1CC1. The van der Waals surface area contributed by atoms with E-state index in [0.717, 1.165) is 12.1 Å². The van der Waals surface area contributed by atoms with Crippen LogP contribution in [0.4, 0.5) is 10.1 Å². The summed E-state index contributed by atoms with van der Waals surface area (Å²) >= 11 is 0. The maximum Gasteiger partial charge on any atom is 0.274 e. The van der Waals surface area contributed by atoms with Gasteiger partial charge in [0.05, 0.1) is 23.8 Å². The first kappa shape index (κ1) is 25.8. The Bertz CT molecular complexity index is 1510. The molecule has 1 aromatic heterocycles. The van der Waals surface area contributed by atoms with Crippen molar-refractivity contribution in [3.05, 3.63) is 69.7 Å². The Balaban J connectivity index is 1.62. The van der Waals surface area contributed by atoms with E-state index in [0.29, 0.717) is 39.1 Å². The number of morpholine rings is 1. The first-order valence-electron chi connectivity index (χ1n) is 11.9. The Labute approximate surface area is 217 Å². The quantitative estimate of drug-likeness (QED) is 0.336. The monoisotopic (exact) mass is 545 g/mol. The second kappa shape index (κ2) is 10.1. The highest BCUT2D eigenvalue weighted by molar-refractivity contribution is 7.89. The maximum absolute atomic E-state index is 14.1. The topological polar surface area (TPSA) is 146 Å². The zero-order valence-corrected chi connectivity index (χ0v) is 21.1. The van der Waals surface area contributed by atoms with E-state index in [1.807, 2.05) is 0 Å². The number of amides is 1. The molecule has 5 rings (SSSR count). The number of nitrogens with zero attached hydrogens (tertiary/aromatic N) is 4. The third-order valence-electron chi connectivity index (χ3n) is 6.16. The number of rotatable bonds is 8. The van der Waals surface area contributed by atoms with Crippen LogP contribution in [0.1, 0.15) is 28.9 Å². The summed E-state index contributed by atoms with van der Waals surface area (Å²) in [6.07, 6.45) is 1.31. The van der Waals surface area contributed by atoms with Crippen LogP contribution >= 0.6 is 0 Å². The first-order valence-corrected chi connectivity index (χ1v) is 13.3. The van der Waals surface area contributed by atoms with E-state index in [4.69, 9.17) is 9.47 Å². The van der Waals surface area contributed by atoms with Crippen molar-refractivity contribution in [2.24, 2.45) is 0 Å². The first-order chi connectivity index (χ1) is 18.1. The molecular formula is C24H24FN5O7S. The molecule has 0 radical (unpaired) electrons. The van der Waals surface area contributed by atoms with E-state index in [-0.39, 0.29) is 34.6 Å². The number of sulfonamides is 1. The van der Waals surface area contributed by atoms with Gasteiger partial charge in [-0.25, -0.2) is 17.5 Å². The fourth-order valence-corrected chi connectivity index (χ4v) is 5.45. The molecule has 2 aliphatic rings. The van der Waals surface area contributed by atoms with Crippen molar-refractivity contribution in [2.45, 2.75) is 30.7 Å². The third kappa shape index (κ3) is 5.23. The number of halogens is 1. The fourth-order valence-electron chi connectivity index (χ4n) is 4.00. The summed E-state index contributed by atoms with van der Waals surface area (Å²) in [4.78, 5) is 25.1. The van der Waals surface area contributed by atoms with Crippen LogP contribution in [-0.2, 0) is 14.8 Å². The fraction of sp³-hybridized carbons (Fsp3) is 0.333. The van der Waals surface area contributed by atoms with E-state index >= 15 is 0 Å². The van der Waals surface area contributed by atoms with Crippen molar-refractivity contribution >= 4 is 21.6 Å². The van der Waals surface area contributed by atoms with Gasteiger partial charge < -0.3 is 14.4 Å². The van der Waals surface area contributed by atoms with Crippen LogP contribution in [0.25, 0.3) is 5.69 Å². The lowest BCUT2D eigenvalue weighted by atomic mass is 10.2. The Morgan fingerprint density at radius 1 is 1.21 bits per heavy atom. The molecule has 0 unspecified atom stereocenters. The average molecular weight is 546 g/mol. The minimum atomic E-state index is -4.19. The number of aromatic nitrogens is 2. The normalized spacial score (nSPS) is 15.9. The largest absolute Gasteiger partial charge is 0.437 e. The molecule has 0 spiro atoms. The maximum atomic E-state index is 14.1.